The third-order valence-corrected chi connectivity index (χ3v) is 3.55. The van der Waals surface area contributed by atoms with Crippen LogP contribution >= 0.6 is 11.3 Å². The number of aromatic nitrogens is 1. The topological polar surface area (TPSA) is 102 Å². The number of nitrogen functional groups attached to an aromatic ring is 1. The molecule has 0 radical (unpaired) electrons. The van der Waals surface area contributed by atoms with Gasteiger partial charge in [-0.05, 0) is 18.9 Å². The fraction of sp³-hybridized carbons (Fsp3) is 0.231. The van der Waals surface area contributed by atoms with E-state index in [4.69, 9.17) is 11.5 Å². The van der Waals surface area contributed by atoms with Crippen LogP contribution in [0, 0.1) is 0 Å². The molecule has 0 spiro atoms. The maximum atomic E-state index is 11.1. The second-order valence-corrected chi connectivity index (χ2v) is 5.38. The van der Waals surface area contributed by atoms with Crippen molar-refractivity contribution in [3.63, 3.8) is 0 Å². The van der Waals surface area contributed by atoms with Crippen molar-refractivity contribution in [2.24, 2.45) is 5.73 Å². The molecule has 2 rings (SSSR count). The standard InChI is InChI=1S/C13H15N3O2S/c1-7(17)6-8-2-4-9(5-3-8)13-16-10(11(14)18)12(15)19-13/h2-5,7,17H,6,15H2,1H3,(H2,14,18). The number of anilines is 1. The molecule has 0 aliphatic carbocycles. The highest BCUT2D eigenvalue weighted by Crippen LogP contribution is 2.29. The van der Waals surface area contributed by atoms with E-state index in [0.717, 1.165) is 11.1 Å². The summed E-state index contributed by atoms with van der Waals surface area (Å²) in [5.41, 5.74) is 12.9. The second kappa shape index (κ2) is 5.38. The Kier molecular flexibility index (Phi) is 3.82. The van der Waals surface area contributed by atoms with Gasteiger partial charge in [0.05, 0.1) is 6.10 Å². The van der Waals surface area contributed by atoms with Gasteiger partial charge in [-0.1, -0.05) is 35.6 Å². The van der Waals surface area contributed by atoms with E-state index in [2.05, 4.69) is 4.98 Å². The third kappa shape index (κ3) is 3.10. The molecule has 100 valence electrons. The second-order valence-electron chi connectivity index (χ2n) is 4.35. The van der Waals surface area contributed by atoms with Crippen LogP contribution in [0.5, 0.6) is 0 Å². The summed E-state index contributed by atoms with van der Waals surface area (Å²) in [6.07, 6.45) is 0.232. The van der Waals surface area contributed by atoms with E-state index in [1.165, 1.54) is 11.3 Å². The molecule has 1 aromatic heterocycles. The minimum Gasteiger partial charge on any atom is -0.393 e. The molecule has 0 bridgehead atoms. The van der Waals surface area contributed by atoms with Crippen LogP contribution in [0.4, 0.5) is 5.00 Å². The van der Waals surface area contributed by atoms with Gasteiger partial charge in [-0.3, -0.25) is 4.79 Å². The maximum Gasteiger partial charge on any atom is 0.270 e. The number of thiazole rings is 1. The number of amides is 1. The molecule has 2 aromatic rings. The average molecular weight is 277 g/mol. The minimum absolute atomic E-state index is 0.119. The van der Waals surface area contributed by atoms with Gasteiger partial charge in [0.1, 0.15) is 10.0 Å². The predicted octanol–water partition coefficient (Wildman–Crippen LogP) is 1.41. The molecule has 0 aliphatic heterocycles. The Balaban J connectivity index is 2.27. The Hall–Kier alpha value is -1.92. The van der Waals surface area contributed by atoms with E-state index in [1.54, 1.807) is 6.92 Å². The van der Waals surface area contributed by atoms with Crippen molar-refractivity contribution >= 4 is 22.2 Å². The number of primary amides is 1. The molecular formula is C13H15N3O2S. The van der Waals surface area contributed by atoms with Crippen LogP contribution in [0.1, 0.15) is 23.0 Å². The van der Waals surface area contributed by atoms with Crippen molar-refractivity contribution in [3.05, 3.63) is 35.5 Å². The van der Waals surface area contributed by atoms with Crippen LogP contribution in [-0.4, -0.2) is 22.1 Å². The van der Waals surface area contributed by atoms with Gasteiger partial charge in [-0.15, -0.1) is 0 Å². The van der Waals surface area contributed by atoms with Gasteiger partial charge >= 0.3 is 0 Å². The molecule has 1 atom stereocenters. The zero-order valence-corrected chi connectivity index (χ0v) is 11.3. The van der Waals surface area contributed by atoms with Crippen LogP contribution < -0.4 is 11.5 Å². The van der Waals surface area contributed by atoms with Gasteiger partial charge in [-0.2, -0.15) is 0 Å². The smallest absolute Gasteiger partial charge is 0.270 e. The van der Waals surface area contributed by atoms with Crippen molar-refractivity contribution in [1.29, 1.82) is 0 Å². The fourth-order valence-electron chi connectivity index (χ4n) is 1.76. The summed E-state index contributed by atoms with van der Waals surface area (Å²) in [6.45, 7) is 1.74. The number of carbonyl (C=O) groups is 1. The highest BCUT2D eigenvalue weighted by atomic mass is 32.1. The summed E-state index contributed by atoms with van der Waals surface area (Å²) in [4.78, 5) is 15.2. The lowest BCUT2D eigenvalue weighted by atomic mass is 10.1. The van der Waals surface area contributed by atoms with Crippen LogP contribution in [-0.2, 0) is 6.42 Å². The summed E-state index contributed by atoms with van der Waals surface area (Å²) in [5.74, 6) is -0.620. The van der Waals surface area contributed by atoms with E-state index in [-0.39, 0.29) is 11.8 Å². The Labute approximate surface area is 114 Å². The van der Waals surface area contributed by atoms with Gasteiger partial charge in [0.15, 0.2) is 5.69 Å². The number of rotatable bonds is 4. The van der Waals surface area contributed by atoms with E-state index < -0.39 is 5.91 Å². The molecule has 0 aliphatic rings. The van der Waals surface area contributed by atoms with Crippen molar-refractivity contribution < 1.29 is 9.90 Å². The van der Waals surface area contributed by atoms with E-state index in [1.807, 2.05) is 24.3 Å². The minimum atomic E-state index is -0.620. The van der Waals surface area contributed by atoms with Crippen LogP contribution in [0.25, 0.3) is 10.6 Å². The lowest BCUT2D eigenvalue weighted by molar-refractivity contribution is 0.0997. The van der Waals surface area contributed by atoms with Crippen LogP contribution in [0.2, 0.25) is 0 Å². The molecule has 0 saturated heterocycles. The number of nitrogens with two attached hydrogens (primary N) is 2. The number of carbonyl (C=O) groups excluding carboxylic acids is 1. The number of nitrogens with zero attached hydrogens (tertiary/aromatic N) is 1. The van der Waals surface area contributed by atoms with E-state index in [9.17, 15) is 9.90 Å². The molecule has 5 N–H and O–H groups in total. The SMILES string of the molecule is CC(O)Cc1ccc(-c2nc(C(N)=O)c(N)s2)cc1. The summed E-state index contributed by atoms with van der Waals surface area (Å²) in [6, 6.07) is 7.62. The fourth-order valence-corrected chi connectivity index (χ4v) is 2.60. The average Bonchev–Trinajstić information content (AvgIpc) is 2.71. The lowest BCUT2D eigenvalue weighted by Gasteiger charge is -2.04. The molecule has 0 saturated carbocycles. The lowest BCUT2D eigenvalue weighted by Crippen LogP contribution is -2.13. The van der Waals surface area contributed by atoms with Crippen molar-refractivity contribution in [3.8, 4) is 10.6 Å². The number of aliphatic hydroxyl groups excluding tert-OH is 1. The zero-order valence-electron chi connectivity index (χ0n) is 10.5. The van der Waals surface area contributed by atoms with Gasteiger partial charge in [0.2, 0.25) is 0 Å². The molecular weight excluding hydrogens is 262 g/mol. The number of hydrogen-bond acceptors (Lipinski definition) is 5. The first-order chi connectivity index (χ1) is 8.97. The number of hydrogen-bond donors (Lipinski definition) is 3. The Morgan fingerprint density at radius 1 is 1.42 bits per heavy atom. The van der Waals surface area contributed by atoms with Crippen molar-refractivity contribution in [1.82, 2.24) is 4.98 Å². The molecule has 6 heteroatoms. The summed E-state index contributed by atoms with van der Waals surface area (Å²) < 4.78 is 0. The van der Waals surface area contributed by atoms with Crippen LogP contribution in [0.3, 0.4) is 0 Å². The molecule has 1 heterocycles. The molecule has 1 aromatic carbocycles. The van der Waals surface area contributed by atoms with E-state index in [0.29, 0.717) is 16.4 Å². The summed E-state index contributed by atoms with van der Waals surface area (Å²) >= 11 is 1.23. The number of benzene rings is 1. The first-order valence-corrected chi connectivity index (χ1v) is 6.62. The summed E-state index contributed by atoms with van der Waals surface area (Å²) in [5, 5.41) is 10.3. The van der Waals surface area contributed by atoms with Gasteiger partial charge in [-0.25, -0.2) is 4.98 Å². The Morgan fingerprint density at radius 3 is 2.53 bits per heavy atom. The normalized spacial score (nSPS) is 12.3. The predicted molar refractivity (Wildman–Crippen MR) is 75.9 cm³/mol. The highest BCUT2D eigenvalue weighted by Gasteiger charge is 2.14. The first-order valence-electron chi connectivity index (χ1n) is 5.81. The van der Waals surface area contributed by atoms with Crippen molar-refractivity contribution in [2.45, 2.75) is 19.4 Å². The van der Waals surface area contributed by atoms with Gasteiger partial charge in [0, 0.05) is 5.56 Å². The monoisotopic (exact) mass is 277 g/mol. The molecule has 5 nitrogen and oxygen atoms in total. The molecule has 19 heavy (non-hydrogen) atoms. The highest BCUT2D eigenvalue weighted by molar-refractivity contribution is 7.19. The quantitative estimate of drug-likeness (QED) is 0.786. The van der Waals surface area contributed by atoms with Crippen LogP contribution in [0.15, 0.2) is 24.3 Å². The third-order valence-electron chi connectivity index (χ3n) is 2.62. The Morgan fingerprint density at radius 2 is 2.05 bits per heavy atom. The van der Waals surface area contributed by atoms with Gasteiger partial charge < -0.3 is 16.6 Å². The van der Waals surface area contributed by atoms with Crippen molar-refractivity contribution in [2.75, 3.05) is 5.73 Å². The molecule has 1 unspecified atom stereocenters. The largest absolute Gasteiger partial charge is 0.393 e. The van der Waals surface area contributed by atoms with E-state index >= 15 is 0 Å². The Bertz CT molecular complexity index is 590. The molecule has 1 amide bonds. The first kappa shape index (κ1) is 13.5. The van der Waals surface area contributed by atoms with Gasteiger partial charge in [0.25, 0.3) is 5.91 Å². The molecule has 0 fully saturated rings. The number of aliphatic hydroxyl groups is 1. The summed E-state index contributed by atoms with van der Waals surface area (Å²) in [7, 11) is 0. The maximum absolute atomic E-state index is 11.1. The zero-order chi connectivity index (χ0) is 14.0.